The lowest BCUT2D eigenvalue weighted by atomic mass is 10.1. The molecule has 28 heavy (non-hydrogen) atoms. The molecule has 1 saturated heterocycles. The Morgan fingerprint density at radius 2 is 1.96 bits per heavy atom. The number of hydrogen-bond donors (Lipinski definition) is 1. The second kappa shape index (κ2) is 7.78. The minimum Gasteiger partial charge on any atom is -0.493 e. The highest BCUT2D eigenvalue weighted by Gasteiger charge is 2.29. The first kappa shape index (κ1) is 18.9. The maximum absolute atomic E-state index is 11.9. The number of methoxy groups -OCH3 is 1. The Balaban J connectivity index is 1.77. The van der Waals surface area contributed by atoms with Crippen molar-refractivity contribution in [3.05, 3.63) is 69.4 Å². The number of non-ortho nitro benzene ring substituents is 1. The van der Waals surface area contributed by atoms with E-state index >= 15 is 0 Å². The molecule has 1 N–H and O–H groups in total. The summed E-state index contributed by atoms with van der Waals surface area (Å²) in [5, 5.41) is 13.3. The number of nitrogens with zero attached hydrogens (tertiary/aromatic N) is 2. The lowest BCUT2D eigenvalue weighted by Gasteiger charge is -2.11. The molecule has 1 aliphatic heterocycles. The van der Waals surface area contributed by atoms with Crippen molar-refractivity contribution in [2.24, 2.45) is 0 Å². The summed E-state index contributed by atoms with van der Waals surface area (Å²) < 4.78 is 11.0. The lowest BCUT2D eigenvalue weighted by Crippen LogP contribution is -2.25. The normalized spacial score (nSPS) is 14.9. The van der Waals surface area contributed by atoms with E-state index < -0.39 is 16.9 Å². The van der Waals surface area contributed by atoms with Crippen LogP contribution in [0.3, 0.4) is 0 Å². The van der Waals surface area contributed by atoms with Crippen molar-refractivity contribution in [3.63, 3.8) is 0 Å². The van der Waals surface area contributed by atoms with Crippen LogP contribution in [0.2, 0.25) is 0 Å². The summed E-state index contributed by atoms with van der Waals surface area (Å²) in [6.45, 7) is 0.123. The number of nitro groups is 1. The zero-order valence-corrected chi connectivity index (χ0v) is 15.2. The molecule has 0 unspecified atom stereocenters. The standard InChI is InChI=1S/C19H17N3O6/c1-21-18(23)15(20-19(21)24)9-12-6-7-16(17(10-12)27-2)28-11-13-4-3-5-14(8-13)22(25)26/h3-10H,11H2,1-2H3,(H,20,24)/b15-9+. The summed E-state index contributed by atoms with van der Waals surface area (Å²) in [4.78, 5) is 34.8. The molecule has 0 saturated carbocycles. The van der Waals surface area contributed by atoms with E-state index in [1.54, 1.807) is 30.3 Å². The molecule has 3 amide bonds. The highest BCUT2D eigenvalue weighted by atomic mass is 16.6. The fourth-order valence-electron chi connectivity index (χ4n) is 2.60. The molecule has 0 aromatic heterocycles. The molecule has 0 spiro atoms. The van der Waals surface area contributed by atoms with Gasteiger partial charge in [-0.25, -0.2) is 4.79 Å². The van der Waals surface area contributed by atoms with Crippen LogP contribution in [-0.4, -0.2) is 35.9 Å². The van der Waals surface area contributed by atoms with E-state index in [-0.39, 0.29) is 18.0 Å². The quantitative estimate of drug-likeness (QED) is 0.355. The molecule has 9 heteroatoms. The van der Waals surface area contributed by atoms with Crippen LogP contribution in [-0.2, 0) is 11.4 Å². The molecule has 0 aliphatic carbocycles. The maximum Gasteiger partial charge on any atom is 0.328 e. The maximum atomic E-state index is 11.9. The molecule has 1 heterocycles. The van der Waals surface area contributed by atoms with Gasteiger partial charge < -0.3 is 14.8 Å². The molecule has 2 aromatic carbocycles. The Bertz CT molecular complexity index is 985. The van der Waals surface area contributed by atoms with Crippen molar-refractivity contribution in [2.45, 2.75) is 6.61 Å². The summed E-state index contributed by atoms with van der Waals surface area (Å²) in [5.41, 5.74) is 1.44. The van der Waals surface area contributed by atoms with Crippen molar-refractivity contribution >= 4 is 23.7 Å². The van der Waals surface area contributed by atoms with Gasteiger partial charge in [0.05, 0.1) is 12.0 Å². The molecule has 0 atom stereocenters. The molecule has 1 aliphatic rings. The largest absolute Gasteiger partial charge is 0.493 e. The molecule has 0 radical (unpaired) electrons. The summed E-state index contributed by atoms with van der Waals surface area (Å²) in [6, 6.07) is 10.7. The topological polar surface area (TPSA) is 111 Å². The van der Waals surface area contributed by atoms with Gasteiger partial charge in [-0.05, 0) is 29.3 Å². The molecule has 0 bridgehead atoms. The fourth-order valence-corrected chi connectivity index (χ4v) is 2.60. The van der Waals surface area contributed by atoms with Gasteiger partial charge in [-0.15, -0.1) is 0 Å². The van der Waals surface area contributed by atoms with Crippen molar-refractivity contribution in [1.82, 2.24) is 10.2 Å². The first-order chi connectivity index (χ1) is 13.4. The number of urea groups is 1. The Hall–Kier alpha value is -3.88. The number of imide groups is 1. The monoisotopic (exact) mass is 383 g/mol. The van der Waals surface area contributed by atoms with E-state index in [0.717, 1.165) is 4.90 Å². The van der Waals surface area contributed by atoms with Gasteiger partial charge in [-0.3, -0.25) is 19.8 Å². The third-order valence-electron chi connectivity index (χ3n) is 4.10. The molecular weight excluding hydrogens is 366 g/mol. The van der Waals surface area contributed by atoms with Crippen LogP contribution in [0.25, 0.3) is 6.08 Å². The highest BCUT2D eigenvalue weighted by molar-refractivity contribution is 6.13. The smallest absolute Gasteiger partial charge is 0.328 e. The van der Waals surface area contributed by atoms with Crippen molar-refractivity contribution in [2.75, 3.05) is 14.2 Å². The van der Waals surface area contributed by atoms with E-state index in [9.17, 15) is 19.7 Å². The fraction of sp³-hybridized carbons (Fsp3) is 0.158. The van der Waals surface area contributed by atoms with Crippen LogP contribution in [0.5, 0.6) is 11.5 Å². The summed E-state index contributed by atoms with van der Waals surface area (Å²) in [7, 11) is 2.87. The predicted molar refractivity (Wildman–Crippen MR) is 99.7 cm³/mol. The van der Waals surface area contributed by atoms with E-state index in [1.807, 2.05) is 0 Å². The number of carbonyl (C=O) groups excluding carboxylic acids is 2. The molecule has 1 fully saturated rings. The van der Waals surface area contributed by atoms with Crippen LogP contribution in [0, 0.1) is 10.1 Å². The number of carbonyl (C=O) groups is 2. The first-order valence-corrected chi connectivity index (χ1v) is 8.24. The average Bonchev–Trinajstić information content (AvgIpc) is 2.93. The van der Waals surface area contributed by atoms with Crippen molar-refractivity contribution < 1.29 is 24.0 Å². The zero-order chi connectivity index (χ0) is 20.3. The molecule has 9 nitrogen and oxygen atoms in total. The van der Waals surface area contributed by atoms with Crippen LogP contribution in [0.15, 0.2) is 48.2 Å². The summed E-state index contributed by atoms with van der Waals surface area (Å²) in [5.74, 6) is 0.440. The minimum atomic E-state index is -0.486. The second-order valence-corrected chi connectivity index (χ2v) is 5.98. The first-order valence-electron chi connectivity index (χ1n) is 8.24. The zero-order valence-electron chi connectivity index (χ0n) is 15.2. The SMILES string of the molecule is COc1cc(/C=C2/NC(=O)N(C)C2=O)ccc1OCc1cccc([N+](=O)[O-])c1. The number of likely N-dealkylation sites (N-methyl/N-ethyl adjacent to an activating group) is 1. The van der Waals surface area contributed by atoms with Crippen molar-refractivity contribution in [1.29, 1.82) is 0 Å². The van der Waals surface area contributed by atoms with E-state index in [0.29, 0.717) is 22.6 Å². The number of nitrogens with one attached hydrogen (secondary N) is 1. The number of ether oxygens (including phenoxy) is 2. The Kier molecular flexibility index (Phi) is 5.25. The van der Waals surface area contributed by atoms with Crippen LogP contribution < -0.4 is 14.8 Å². The van der Waals surface area contributed by atoms with Gasteiger partial charge in [0, 0.05) is 19.2 Å². The van der Waals surface area contributed by atoms with E-state index in [1.165, 1.54) is 32.4 Å². The van der Waals surface area contributed by atoms with Crippen LogP contribution in [0.1, 0.15) is 11.1 Å². The van der Waals surface area contributed by atoms with Gasteiger partial charge in [-0.2, -0.15) is 0 Å². The number of hydrogen-bond acceptors (Lipinski definition) is 6. The number of rotatable bonds is 6. The Morgan fingerprint density at radius 3 is 2.61 bits per heavy atom. The lowest BCUT2D eigenvalue weighted by molar-refractivity contribution is -0.384. The van der Waals surface area contributed by atoms with Gasteiger partial charge in [0.15, 0.2) is 11.5 Å². The van der Waals surface area contributed by atoms with E-state index in [2.05, 4.69) is 5.32 Å². The molecular formula is C19H17N3O6. The van der Waals surface area contributed by atoms with Crippen LogP contribution >= 0.6 is 0 Å². The summed E-state index contributed by atoms with van der Waals surface area (Å²) >= 11 is 0. The van der Waals surface area contributed by atoms with Gasteiger partial charge in [0.25, 0.3) is 11.6 Å². The number of benzene rings is 2. The van der Waals surface area contributed by atoms with Gasteiger partial charge >= 0.3 is 6.03 Å². The predicted octanol–water partition coefficient (Wildman–Crippen LogP) is 2.70. The average molecular weight is 383 g/mol. The van der Waals surface area contributed by atoms with Gasteiger partial charge in [0.2, 0.25) is 0 Å². The molecule has 144 valence electrons. The third-order valence-corrected chi connectivity index (χ3v) is 4.10. The Morgan fingerprint density at radius 1 is 1.18 bits per heavy atom. The summed E-state index contributed by atoms with van der Waals surface area (Å²) in [6.07, 6.45) is 1.54. The Labute approximate surface area is 160 Å². The molecule has 2 aromatic rings. The third kappa shape index (κ3) is 3.93. The van der Waals surface area contributed by atoms with Gasteiger partial charge in [0.1, 0.15) is 12.3 Å². The van der Waals surface area contributed by atoms with Gasteiger partial charge in [-0.1, -0.05) is 18.2 Å². The van der Waals surface area contributed by atoms with E-state index in [4.69, 9.17) is 9.47 Å². The second-order valence-electron chi connectivity index (χ2n) is 5.98. The minimum absolute atomic E-state index is 0.0108. The van der Waals surface area contributed by atoms with Crippen LogP contribution in [0.4, 0.5) is 10.5 Å². The highest BCUT2D eigenvalue weighted by Crippen LogP contribution is 2.30. The molecule has 3 rings (SSSR count). The number of nitro benzene ring substituents is 1. The number of amides is 3. The van der Waals surface area contributed by atoms with Crippen molar-refractivity contribution in [3.8, 4) is 11.5 Å².